The third-order valence-corrected chi connectivity index (χ3v) is 3.55. The van der Waals surface area contributed by atoms with Gasteiger partial charge in [0, 0.05) is 18.8 Å². The van der Waals surface area contributed by atoms with Crippen LogP contribution >= 0.6 is 11.3 Å². The number of thiophene rings is 1. The standard InChI is InChI=1S/C14H18N2S/c1-2-16(10-13-7-8-17-11-13)9-12-3-5-14(15)6-4-12/h3-8,11H,2,9-10,15H2,1H3. The number of hydrogen-bond donors (Lipinski definition) is 1. The van der Waals surface area contributed by atoms with Crippen LogP contribution in [0.2, 0.25) is 0 Å². The zero-order chi connectivity index (χ0) is 12.1. The Hall–Kier alpha value is -1.32. The fraction of sp³-hybridized carbons (Fsp3) is 0.286. The molecule has 2 rings (SSSR count). The van der Waals surface area contributed by atoms with Gasteiger partial charge < -0.3 is 5.73 Å². The van der Waals surface area contributed by atoms with Crippen LogP contribution in [0, 0.1) is 0 Å². The Morgan fingerprint density at radius 2 is 1.76 bits per heavy atom. The highest BCUT2D eigenvalue weighted by molar-refractivity contribution is 7.07. The fourth-order valence-electron chi connectivity index (χ4n) is 1.80. The number of anilines is 1. The molecule has 0 amide bonds. The van der Waals surface area contributed by atoms with Crippen LogP contribution in [0.4, 0.5) is 5.69 Å². The van der Waals surface area contributed by atoms with Crippen molar-refractivity contribution in [1.29, 1.82) is 0 Å². The molecular weight excluding hydrogens is 228 g/mol. The maximum Gasteiger partial charge on any atom is 0.0314 e. The Balaban J connectivity index is 1.97. The van der Waals surface area contributed by atoms with Gasteiger partial charge in [-0.15, -0.1) is 0 Å². The molecule has 1 aromatic heterocycles. The van der Waals surface area contributed by atoms with Gasteiger partial charge in [0.15, 0.2) is 0 Å². The summed E-state index contributed by atoms with van der Waals surface area (Å²) in [4.78, 5) is 2.42. The largest absolute Gasteiger partial charge is 0.399 e. The average Bonchev–Trinajstić information content (AvgIpc) is 2.84. The van der Waals surface area contributed by atoms with Crippen molar-refractivity contribution in [3.63, 3.8) is 0 Å². The molecule has 0 aliphatic heterocycles. The topological polar surface area (TPSA) is 29.3 Å². The van der Waals surface area contributed by atoms with E-state index in [1.165, 1.54) is 11.1 Å². The second-order valence-corrected chi connectivity index (χ2v) is 4.96. The zero-order valence-corrected chi connectivity index (χ0v) is 10.9. The van der Waals surface area contributed by atoms with E-state index >= 15 is 0 Å². The van der Waals surface area contributed by atoms with Crippen molar-refractivity contribution in [2.45, 2.75) is 20.0 Å². The normalized spacial score (nSPS) is 10.9. The minimum Gasteiger partial charge on any atom is -0.399 e. The molecule has 2 aromatic rings. The highest BCUT2D eigenvalue weighted by Gasteiger charge is 2.05. The highest BCUT2D eigenvalue weighted by Crippen LogP contribution is 2.13. The van der Waals surface area contributed by atoms with Gasteiger partial charge in [0.2, 0.25) is 0 Å². The summed E-state index contributed by atoms with van der Waals surface area (Å²) in [6.45, 7) is 5.25. The summed E-state index contributed by atoms with van der Waals surface area (Å²) >= 11 is 1.76. The van der Waals surface area contributed by atoms with Gasteiger partial charge in [-0.25, -0.2) is 0 Å². The summed E-state index contributed by atoms with van der Waals surface area (Å²) in [6.07, 6.45) is 0. The van der Waals surface area contributed by atoms with E-state index in [1.54, 1.807) is 11.3 Å². The second-order valence-electron chi connectivity index (χ2n) is 4.18. The first-order valence-electron chi connectivity index (χ1n) is 5.86. The molecule has 3 heteroatoms. The smallest absolute Gasteiger partial charge is 0.0314 e. The van der Waals surface area contributed by atoms with Crippen molar-refractivity contribution in [3.8, 4) is 0 Å². The zero-order valence-electron chi connectivity index (χ0n) is 10.1. The number of nitrogens with zero attached hydrogens (tertiary/aromatic N) is 1. The molecule has 2 N–H and O–H groups in total. The Bertz CT molecular complexity index is 434. The Morgan fingerprint density at radius 1 is 1.06 bits per heavy atom. The maximum atomic E-state index is 5.69. The SMILES string of the molecule is CCN(Cc1ccc(N)cc1)Cc1ccsc1. The van der Waals surface area contributed by atoms with Gasteiger partial charge in [-0.1, -0.05) is 19.1 Å². The average molecular weight is 246 g/mol. The van der Waals surface area contributed by atoms with Crippen LogP contribution in [0.3, 0.4) is 0 Å². The lowest BCUT2D eigenvalue weighted by atomic mass is 10.2. The van der Waals surface area contributed by atoms with Crippen molar-refractivity contribution >= 4 is 17.0 Å². The Morgan fingerprint density at radius 3 is 2.35 bits per heavy atom. The van der Waals surface area contributed by atoms with Crippen molar-refractivity contribution < 1.29 is 0 Å². The molecule has 17 heavy (non-hydrogen) atoms. The van der Waals surface area contributed by atoms with E-state index in [1.807, 2.05) is 12.1 Å². The van der Waals surface area contributed by atoms with Gasteiger partial charge >= 0.3 is 0 Å². The van der Waals surface area contributed by atoms with Crippen LogP contribution < -0.4 is 5.73 Å². The van der Waals surface area contributed by atoms with Gasteiger partial charge in [0.1, 0.15) is 0 Å². The molecule has 0 radical (unpaired) electrons. The second kappa shape index (κ2) is 5.84. The molecule has 0 fully saturated rings. The van der Waals surface area contributed by atoms with Crippen molar-refractivity contribution in [2.24, 2.45) is 0 Å². The van der Waals surface area contributed by atoms with E-state index in [9.17, 15) is 0 Å². The first-order chi connectivity index (χ1) is 8.28. The third-order valence-electron chi connectivity index (χ3n) is 2.82. The predicted octanol–water partition coefficient (Wildman–Crippen LogP) is 3.35. The van der Waals surface area contributed by atoms with E-state index in [0.717, 1.165) is 25.3 Å². The van der Waals surface area contributed by atoms with Crippen LogP contribution in [0.5, 0.6) is 0 Å². The molecule has 1 aromatic carbocycles. The summed E-state index contributed by atoms with van der Waals surface area (Å²) < 4.78 is 0. The molecule has 0 unspecified atom stereocenters. The molecule has 1 heterocycles. The number of nitrogens with two attached hydrogens (primary N) is 1. The molecule has 0 spiro atoms. The van der Waals surface area contributed by atoms with Gasteiger partial charge in [-0.3, -0.25) is 4.90 Å². The summed E-state index contributed by atoms with van der Waals surface area (Å²) in [5.74, 6) is 0. The molecule has 0 aliphatic rings. The number of benzene rings is 1. The number of rotatable bonds is 5. The highest BCUT2D eigenvalue weighted by atomic mass is 32.1. The first kappa shape index (κ1) is 12.1. The molecule has 2 nitrogen and oxygen atoms in total. The van der Waals surface area contributed by atoms with E-state index in [0.29, 0.717) is 0 Å². The first-order valence-corrected chi connectivity index (χ1v) is 6.80. The summed E-state index contributed by atoms with van der Waals surface area (Å²) in [5.41, 5.74) is 9.23. The van der Waals surface area contributed by atoms with Crippen molar-refractivity contribution in [2.75, 3.05) is 12.3 Å². The monoisotopic (exact) mass is 246 g/mol. The van der Waals surface area contributed by atoms with Crippen molar-refractivity contribution in [1.82, 2.24) is 4.90 Å². The number of hydrogen-bond acceptors (Lipinski definition) is 3. The third kappa shape index (κ3) is 3.58. The van der Waals surface area contributed by atoms with Crippen LogP contribution in [0.15, 0.2) is 41.1 Å². The minimum absolute atomic E-state index is 0.828. The quantitative estimate of drug-likeness (QED) is 0.820. The van der Waals surface area contributed by atoms with Gasteiger partial charge in [-0.05, 0) is 46.6 Å². The van der Waals surface area contributed by atoms with E-state index in [4.69, 9.17) is 5.73 Å². The summed E-state index contributed by atoms with van der Waals surface area (Å²) in [5, 5.41) is 4.35. The van der Waals surface area contributed by atoms with E-state index in [2.05, 4.69) is 40.8 Å². The van der Waals surface area contributed by atoms with Crippen LogP contribution in [-0.4, -0.2) is 11.4 Å². The fourth-order valence-corrected chi connectivity index (χ4v) is 2.46. The molecule has 0 saturated carbocycles. The van der Waals surface area contributed by atoms with Crippen LogP contribution in [0.1, 0.15) is 18.1 Å². The van der Waals surface area contributed by atoms with E-state index < -0.39 is 0 Å². The predicted molar refractivity (Wildman–Crippen MR) is 75.0 cm³/mol. The molecular formula is C14H18N2S. The van der Waals surface area contributed by atoms with Crippen molar-refractivity contribution in [3.05, 3.63) is 52.2 Å². The molecule has 0 saturated heterocycles. The van der Waals surface area contributed by atoms with Crippen LogP contribution in [-0.2, 0) is 13.1 Å². The Labute approximate surface area is 107 Å². The van der Waals surface area contributed by atoms with Gasteiger partial charge in [0.05, 0.1) is 0 Å². The lowest BCUT2D eigenvalue weighted by Crippen LogP contribution is -2.21. The number of nitrogen functional groups attached to an aromatic ring is 1. The van der Waals surface area contributed by atoms with Gasteiger partial charge in [0.25, 0.3) is 0 Å². The maximum absolute atomic E-state index is 5.69. The molecule has 0 bridgehead atoms. The lowest BCUT2D eigenvalue weighted by molar-refractivity contribution is 0.272. The lowest BCUT2D eigenvalue weighted by Gasteiger charge is -2.19. The van der Waals surface area contributed by atoms with Crippen LogP contribution in [0.25, 0.3) is 0 Å². The Kier molecular flexibility index (Phi) is 4.18. The van der Waals surface area contributed by atoms with Gasteiger partial charge in [-0.2, -0.15) is 11.3 Å². The summed E-state index contributed by atoms with van der Waals surface area (Å²) in [6, 6.07) is 10.3. The molecule has 0 atom stereocenters. The van der Waals surface area contributed by atoms with E-state index in [-0.39, 0.29) is 0 Å². The molecule has 90 valence electrons. The summed E-state index contributed by atoms with van der Waals surface area (Å²) in [7, 11) is 0. The minimum atomic E-state index is 0.828. The molecule has 0 aliphatic carbocycles.